The fourth-order valence-corrected chi connectivity index (χ4v) is 2.91. The Morgan fingerprint density at radius 1 is 1.12 bits per heavy atom. The Morgan fingerprint density at radius 3 is 2.38 bits per heavy atom. The molecule has 0 saturated carbocycles. The summed E-state index contributed by atoms with van der Waals surface area (Å²) in [5, 5.41) is 14.3. The molecule has 26 heavy (non-hydrogen) atoms. The molecule has 0 bridgehead atoms. The maximum atomic E-state index is 10.3. The van der Waals surface area contributed by atoms with Gasteiger partial charge in [0.1, 0.15) is 18.5 Å². The summed E-state index contributed by atoms with van der Waals surface area (Å²) in [6, 6.07) is 14.1. The van der Waals surface area contributed by atoms with Crippen LogP contribution in [0.15, 0.2) is 42.5 Å². The topological polar surface area (TPSA) is 41.5 Å². The third-order valence-electron chi connectivity index (χ3n) is 4.40. The van der Waals surface area contributed by atoms with E-state index in [1.165, 1.54) is 5.56 Å². The molecule has 0 radical (unpaired) electrons. The van der Waals surface area contributed by atoms with Gasteiger partial charge in [-0.25, -0.2) is 0 Å². The van der Waals surface area contributed by atoms with E-state index >= 15 is 0 Å². The van der Waals surface area contributed by atoms with Crippen LogP contribution in [0.1, 0.15) is 50.4 Å². The first-order valence-corrected chi connectivity index (χ1v) is 9.45. The minimum Gasteiger partial charge on any atom is -0.491 e. The second-order valence-corrected chi connectivity index (χ2v) is 8.33. The predicted octanol–water partition coefficient (Wildman–Crippen LogP) is 5.04. The van der Waals surface area contributed by atoms with Crippen LogP contribution in [0.25, 0.3) is 0 Å². The van der Waals surface area contributed by atoms with Gasteiger partial charge in [-0.15, -0.1) is 0 Å². The Bertz CT molecular complexity index is 707. The van der Waals surface area contributed by atoms with Gasteiger partial charge in [-0.3, -0.25) is 0 Å². The first-order chi connectivity index (χ1) is 12.2. The maximum Gasteiger partial charge on any atom is 0.123 e. The number of aryl methyl sites for hydroxylation is 1. The maximum absolute atomic E-state index is 10.3. The van der Waals surface area contributed by atoms with Gasteiger partial charge in [0.05, 0.1) is 0 Å². The van der Waals surface area contributed by atoms with Gasteiger partial charge in [-0.2, -0.15) is 0 Å². The molecule has 0 spiro atoms. The molecule has 4 heteroatoms. The summed E-state index contributed by atoms with van der Waals surface area (Å²) in [5.41, 5.74) is 3.50. The number of aliphatic hydroxyl groups excluding tert-OH is 1. The Hall–Kier alpha value is -1.55. The molecule has 0 amide bonds. The number of ether oxygens (including phenoxy) is 1. The lowest BCUT2D eigenvalue weighted by molar-refractivity contribution is 0.103. The van der Waals surface area contributed by atoms with Crippen LogP contribution in [0.5, 0.6) is 5.75 Å². The third kappa shape index (κ3) is 6.01. The largest absolute Gasteiger partial charge is 0.491 e. The molecule has 0 aliphatic carbocycles. The van der Waals surface area contributed by atoms with Crippen molar-refractivity contribution < 1.29 is 9.84 Å². The first kappa shape index (κ1) is 20.8. The van der Waals surface area contributed by atoms with E-state index in [1.807, 2.05) is 36.4 Å². The summed E-state index contributed by atoms with van der Waals surface area (Å²) >= 11 is 5.92. The molecule has 0 heterocycles. The quantitative estimate of drug-likeness (QED) is 0.712. The Balaban J connectivity index is 1.89. The van der Waals surface area contributed by atoms with E-state index in [9.17, 15) is 5.11 Å². The number of aliphatic hydroxyl groups is 1. The van der Waals surface area contributed by atoms with Crippen molar-refractivity contribution in [3.8, 4) is 5.75 Å². The average molecular weight is 376 g/mol. The van der Waals surface area contributed by atoms with Crippen molar-refractivity contribution in [3.05, 3.63) is 64.2 Å². The lowest BCUT2D eigenvalue weighted by atomic mass is 9.85. The Labute approximate surface area is 162 Å². The fourth-order valence-electron chi connectivity index (χ4n) is 2.78. The minimum absolute atomic E-state index is 0.00630. The summed E-state index contributed by atoms with van der Waals surface area (Å²) in [4.78, 5) is 0. The van der Waals surface area contributed by atoms with E-state index in [0.29, 0.717) is 6.54 Å². The van der Waals surface area contributed by atoms with Crippen molar-refractivity contribution in [2.24, 2.45) is 0 Å². The van der Waals surface area contributed by atoms with Crippen LogP contribution in [0.4, 0.5) is 0 Å². The SMILES string of the molecule is Cc1ccc(OCC(O)CNC(C)c2ccc(Cl)cc2)c(C(C)(C)C)c1. The van der Waals surface area contributed by atoms with Crippen LogP contribution in [0.2, 0.25) is 5.02 Å². The number of hydrogen-bond acceptors (Lipinski definition) is 3. The van der Waals surface area contributed by atoms with Gasteiger partial charge in [0.25, 0.3) is 0 Å². The van der Waals surface area contributed by atoms with Gasteiger partial charge in [-0.1, -0.05) is 62.2 Å². The molecule has 0 fully saturated rings. The second-order valence-electron chi connectivity index (χ2n) is 7.90. The van der Waals surface area contributed by atoms with E-state index in [-0.39, 0.29) is 18.1 Å². The van der Waals surface area contributed by atoms with E-state index in [1.54, 1.807) is 0 Å². The molecule has 2 rings (SSSR count). The Morgan fingerprint density at radius 2 is 1.77 bits per heavy atom. The van der Waals surface area contributed by atoms with Gasteiger partial charge >= 0.3 is 0 Å². The minimum atomic E-state index is -0.584. The first-order valence-electron chi connectivity index (χ1n) is 9.07. The molecule has 142 valence electrons. The van der Waals surface area contributed by atoms with Crippen LogP contribution in [-0.2, 0) is 5.41 Å². The summed E-state index contributed by atoms with van der Waals surface area (Å²) in [7, 11) is 0. The highest BCUT2D eigenvalue weighted by atomic mass is 35.5. The molecule has 2 N–H and O–H groups in total. The molecule has 2 atom stereocenters. The number of halogens is 1. The normalized spacial score (nSPS) is 14.1. The van der Waals surface area contributed by atoms with Gasteiger partial charge in [0.15, 0.2) is 0 Å². The smallest absolute Gasteiger partial charge is 0.123 e. The summed E-state index contributed by atoms with van der Waals surface area (Å²) < 4.78 is 5.93. The molecule has 0 aromatic heterocycles. The van der Waals surface area contributed by atoms with E-state index in [0.717, 1.165) is 21.9 Å². The fraction of sp³-hybridized carbons (Fsp3) is 0.455. The average Bonchev–Trinajstić information content (AvgIpc) is 2.58. The summed E-state index contributed by atoms with van der Waals surface area (Å²) in [6.07, 6.45) is -0.584. The summed E-state index contributed by atoms with van der Waals surface area (Å²) in [6.45, 7) is 11.4. The molecule has 2 unspecified atom stereocenters. The lowest BCUT2D eigenvalue weighted by Crippen LogP contribution is -2.33. The molecule has 0 saturated heterocycles. The van der Waals surface area contributed by atoms with Gasteiger partial charge < -0.3 is 15.2 Å². The standard InChI is InChI=1S/C22H30ClNO2/c1-15-6-11-21(20(12-15)22(3,4)5)26-14-19(25)13-24-16(2)17-7-9-18(23)10-8-17/h6-12,16,19,24-25H,13-14H2,1-5H3. The van der Waals surface area contributed by atoms with E-state index in [4.69, 9.17) is 16.3 Å². The van der Waals surface area contributed by atoms with E-state index < -0.39 is 6.10 Å². The highest BCUT2D eigenvalue weighted by molar-refractivity contribution is 6.30. The highest BCUT2D eigenvalue weighted by Gasteiger charge is 2.20. The van der Waals surface area contributed by atoms with Crippen molar-refractivity contribution in [1.82, 2.24) is 5.32 Å². The molecule has 3 nitrogen and oxygen atoms in total. The molecule has 0 aliphatic heterocycles. The number of rotatable bonds is 7. The monoisotopic (exact) mass is 375 g/mol. The molecule has 2 aromatic rings. The lowest BCUT2D eigenvalue weighted by Gasteiger charge is -2.24. The zero-order chi connectivity index (χ0) is 19.3. The molecule has 2 aromatic carbocycles. The van der Waals surface area contributed by atoms with Crippen LogP contribution < -0.4 is 10.1 Å². The number of hydrogen-bond donors (Lipinski definition) is 2. The number of nitrogens with one attached hydrogen (secondary N) is 1. The van der Waals surface area contributed by atoms with Crippen LogP contribution in [0, 0.1) is 6.92 Å². The van der Waals surface area contributed by atoms with Crippen molar-refractivity contribution in [2.75, 3.05) is 13.2 Å². The van der Waals surface area contributed by atoms with Crippen LogP contribution >= 0.6 is 11.6 Å². The molecular weight excluding hydrogens is 346 g/mol. The van der Waals surface area contributed by atoms with Crippen molar-refractivity contribution in [2.45, 2.75) is 52.2 Å². The van der Waals surface area contributed by atoms with Crippen molar-refractivity contribution in [1.29, 1.82) is 0 Å². The number of benzene rings is 2. The third-order valence-corrected chi connectivity index (χ3v) is 4.66. The second kappa shape index (κ2) is 8.90. The van der Waals surface area contributed by atoms with Gasteiger partial charge in [0.2, 0.25) is 0 Å². The van der Waals surface area contributed by atoms with Crippen LogP contribution in [-0.4, -0.2) is 24.4 Å². The Kier molecular flexibility index (Phi) is 7.10. The zero-order valence-corrected chi connectivity index (χ0v) is 17.1. The van der Waals surface area contributed by atoms with Gasteiger partial charge in [0, 0.05) is 17.6 Å². The summed E-state index contributed by atoms with van der Waals surface area (Å²) in [5.74, 6) is 0.841. The highest BCUT2D eigenvalue weighted by Crippen LogP contribution is 2.32. The molecular formula is C22H30ClNO2. The van der Waals surface area contributed by atoms with E-state index in [2.05, 4.69) is 46.0 Å². The predicted molar refractivity (Wildman–Crippen MR) is 109 cm³/mol. The zero-order valence-electron chi connectivity index (χ0n) is 16.3. The van der Waals surface area contributed by atoms with Crippen LogP contribution in [0.3, 0.4) is 0 Å². The molecule has 0 aliphatic rings. The van der Waals surface area contributed by atoms with Gasteiger partial charge in [-0.05, 0) is 48.6 Å². The van der Waals surface area contributed by atoms with Crippen molar-refractivity contribution >= 4 is 11.6 Å². The van der Waals surface area contributed by atoms with Crippen molar-refractivity contribution in [3.63, 3.8) is 0 Å².